The van der Waals surface area contributed by atoms with E-state index in [0.717, 1.165) is 5.69 Å². The van der Waals surface area contributed by atoms with Crippen LogP contribution in [0.3, 0.4) is 0 Å². The van der Waals surface area contributed by atoms with Crippen molar-refractivity contribution in [3.63, 3.8) is 0 Å². The molecule has 0 aliphatic rings. The number of hydrogen-bond donors (Lipinski definition) is 1. The molecule has 6 nitrogen and oxygen atoms in total. The standard InChI is InChI=1S/C15H12N6S/c1-10-7-8-22-15(10)11-3-2-4-12(9-11)16-13-5-6-14-17-19-20-21(14)18-13/h2-9H,1H3,(H,16,18). The fraction of sp³-hybridized carbons (Fsp3) is 0.0667. The molecule has 3 heterocycles. The van der Waals surface area contributed by atoms with Crippen molar-refractivity contribution in [1.82, 2.24) is 25.3 Å². The number of nitrogens with one attached hydrogen (secondary N) is 1. The maximum Gasteiger partial charge on any atom is 0.200 e. The highest BCUT2D eigenvalue weighted by Crippen LogP contribution is 2.31. The van der Waals surface area contributed by atoms with Crippen molar-refractivity contribution in [3.05, 3.63) is 53.4 Å². The molecular weight excluding hydrogens is 296 g/mol. The molecule has 22 heavy (non-hydrogen) atoms. The molecule has 4 aromatic rings. The number of benzene rings is 1. The highest BCUT2D eigenvalue weighted by atomic mass is 32.1. The molecule has 1 N–H and O–H groups in total. The summed E-state index contributed by atoms with van der Waals surface area (Å²) < 4.78 is 1.40. The lowest BCUT2D eigenvalue weighted by molar-refractivity contribution is 0.736. The summed E-state index contributed by atoms with van der Waals surface area (Å²) in [6.45, 7) is 2.12. The molecule has 108 valence electrons. The minimum atomic E-state index is 0.619. The molecule has 0 fully saturated rings. The SMILES string of the molecule is Cc1ccsc1-c1cccc(Nc2ccc3nnnn3n2)c1. The van der Waals surface area contributed by atoms with E-state index in [2.05, 4.69) is 56.4 Å². The maximum atomic E-state index is 4.31. The average Bonchev–Trinajstić information content (AvgIpc) is 3.15. The van der Waals surface area contributed by atoms with Crippen LogP contribution in [0, 0.1) is 6.92 Å². The van der Waals surface area contributed by atoms with Gasteiger partial charge in [0.2, 0.25) is 0 Å². The van der Waals surface area contributed by atoms with Gasteiger partial charge in [-0.15, -0.1) is 26.2 Å². The Morgan fingerprint density at radius 2 is 2.09 bits per heavy atom. The van der Waals surface area contributed by atoms with Crippen molar-refractivity contribution in [2.45, 2.75) is 6.92 Å². The average molecular weight is 308 g/mol. The summed E-state index contributed by atoms with van der Waals surface area (Å²) in [6.07, 6.45) is 0. The second-order valence-corrected chi connectivity index (χ2v) is 5.80. The van der Waals surface area contributed by atoms with Crippen LogP contribution in [0.25, 0.3) is 16.1 Å². The van der Waals surface area contributed by atoms with Crippen LogP contribution in [0.2, 0.25) is 0 Å². The van der Waals surface area contributed by atoms with Gasteiger partial charge in [-0.2, -0.15) is 0 Å². The number of aromatic nitrogens is 5. The predicted molar refractivity (Wildman–Crippen MR) is 86.4 cm³/mol. The molecule has 0 bridgehead atoms. The molecular formula is C15H12N6S. The van der Waals surface area contributed by atoms with Crippen LogP contribution in [-0.2, 0) is 0 Å². The first-order chi connectivity index (χ1) is 10.8. The number of tetrazole rings is 1. The second-order valence-electron chi connectivity index (χ2n) is 4.88. The van der Waals surface area contributed by atoms with Gasteiger partial charge < -0.3 is 5.32 Å². The van der Waals surface area contributed by atoms with Gasteiger partial charge in [-0.3, -0.25) is 0 Å². The molecule has 3 aromatic heterocycles. The molecule has 0 spiro atoms. The van der Waals surface area contributed by atoms with Gasteiger partial charge in [0.25, 0.3) is 0 Å². The van der Waals surface area contributed by atoms with Gasteiger partial charge in [-0.25, -0.2) is 0 Å². The number of nitrogens with zero attached hydrogens (tertiary/aromatic N) is 5. The van der Waals surface area contributed by atoms with E-state index in [1.165, 1.54) is 20.6 Å². The lowest BCUT2D eigenvalue weighted by Crippen LogP contribution is -2.00. The van der Waals surface area contributed by atoms with E-state index in [0.29, 0.717) is 11.5 Å². The predicted octanol–water partition coefficient (Wildman–Crippen LogP) is 3.30. The van der Waals surface area contributed by atoms with E-state index in [4.69, 9.17) is 0 Å². The van der Waals surface area contributed by atoms with Gasteiger partial charge >= 0.3 is 0 Å². The Balaban J connectivity index is 1.66. The Hall–Kier alpha value is -2.80. The van der Waals surface area contributed by atoms with Gasteiger partial charge in [0.15, 0.2) is 11.5 Å². The van der Waals surface area contributed by atoms with Gasteiger partial charge in [0, 0.05) is 10.6 Å². The lowest BCUT2D eigenvalue weighted by atomic mass is 10.1. The summed E-state index contributed by atoms with van der Waals surface area (Å²) in [4.78, 5) is 1.28. The van der Waals surface area contributed by atoms with Crippen molar-refractivity contribution in [1.29, 1.82) is 0 Å². The zero-order chi connectivity index (χ0) is 14.9. The summed E-state index contributed by atoms with van der Waals surface area (Å²) in [5, 5.41) is 20.9. The fourth-order valence-electron chi connectivity index (χ4n) is 2.27. The van der Waals surface area contributed by atoms with E-state index in [-0.39, 0.29) is 0 Å². The summed E-state index contributed by atoms with van der Waals surface area (Å²) in [5.74, 6) is 0.694. The first-order valence-electron chi connectivity index (χ1n) is 6.76. The molecule has 0 atom stereocenters. The molecule has 7 heteroatoms. The zero-order valence-electron chi connectivity index (χ0n) is 11.8. The lowest BCUT2D eigenvalue weighted by Gasteiger charge is -2.07. The van der Waals surface area contributed by atoms with Crippen LogP contribution in [0.15, 0.2) is 47.8 Å². The highest BCUT2D eigenvalue weighted by molar-refractivity contribution is 7.13. The topological polar surface area (TPSA) is 68.0 Å². The monoisotopic (exact) mass is 308 g/mol. The fourth-order valence-corrected chi connectivity index (χ4v) is 3.20. The first-order valence-corrected chi connectivity index (χ1v) is 7.64. The Bertz CT molecular complexity index is 942. The van der Waals surface area contributed by atoms with Gasteiger partial charge in [-0.05, 0) is 64.2 Å². The minimum Gasteiger partial charge on any atom is -0.339 e. The molecule has 0 radical (unpaired) electrons. The Morgan fingerprint density at radius 3 is 2.95 bits per heavy atom. The summed E-state index contributed by atoms with van der Waals surface area (Å²) >= 11 is 1.75. The van der Waals surface area contributed by atoms with Gasteiger partial charge in [0.1, 0.15) is 0 Å². The van der Waals surface area contributed by atoms with Crippen molar-refractivity contribution in [3.8, 4) is 10.4 Å². The normalized spacial score (nSPS) is 11.0. The third kappa shape index (κ3) is 2.31. The number of aryl methyl sites for hydroxylation is 1. The zero-order valence-corrected chi connectivity index (χ0v) is 12.6. The number of thiophene rings is 1. The van der Waals surface area contributed by atoms with Crippen molar-refractivity contribution >= 4 is 28.5 Å². The molecule has 0 aliphatic heterocycles. The largest absolute Gasteiger partial charge is 0.339 e. The molecule has 4 rings (SSSR count). The Kier molecular flexibility index (Phi) is 3.05. The highest BCUT2D eigenvalue weighted by Gasteiger charge is 2.05. The summed E-state index contributed by atoms with van der Waals surface area (Å²) in [5.41, 5.74) is 4.08. The summed E-state index contributed by atoms with van der Waals surface area (Å²) in [7, 11) is 0. The quantitative estimate of drug-likeness (QED) is 0.629. The van der Waals surface area contributed by atoms with Crippen molar-refractivity contribution in [2.75, 3.05) is 5.32 Å². The molecule has 1 aromatic carbocycles. The number of anilines is 2. The van der Waals surface area contributed by atoms with E-state index in [1.54, 1.807) is 11.3 Å². The van der Waals surface area contributed by atoms with Crippen LogP contribution in [0.4, 0.5) is 11.5 Å². The summed E-state index contributed by atoms with van der Waals surface area (Å²) in [6, 6.07) is 14.1. The van der Waals surface area contributed by atoms with Crippen LogP contribution < -0.4 is 5.32 Å². The molecule has 0 aliphatic carbocycles. The molecule has 0 unspecified atom stereocenters. The van der Waals surface area contributed by atoms with E-state index < -0.39 is 0 Å². The third-order valence-electron chi connectivity index (χ3n) is 3.33. The van der Waals surface area contributed by atoms with Gasteiger partial charge in [0.05, 0.1) is 0 Å². The number of hydrogen-bond acceptors (Lipinski definition) is 6. The van der Waals surface area contributed by atoms with Crippen molar-refractivity contribution in [2.24, 2.45) is 0 Å². The first kappa shape index (κ1) is 12.9. The van der Waals surface area contributed by atoms with Gasteiger partial charge in [-0.1, -0.05) is 12.1 Å². The Labute approximate surface area is 130 Å². The van der Waals surface area contributed by atoms with Crippen LogP contribution in [0.5, 0.6) is 0 Å². The van der Waals surface area contributed by atoms with Crippen molar-refractivity contribution < 1.29 is 0 Å². The Morgan fingerprint density at radius 1 is 1.14 bits per heavy atom. The van der Waals surface area contributed by atoms with E-state index in [9.17, 15) is 0 Å². The second kappa shape index (κ2) is 5.19. The van der Waals surface area contributed by atoms with E-state index in [1.807, 2.05) is 24.3 Å². The van der Waals surface area contributed by atoms with Crippen LogP contribution in [-0.4, -0.2) is 25.3 Å². The third-order valence-corrected chi connectivity index (χ3v) is 4.39. The molecule has 0 amide bonds. The number of fused-ring (bicyclic) bond motifs is 1. The van der Waals surface area contributed by atoms with Crippen LogP contribution in [0.1, 0.15) is 5.56 Å². The smallest absolute Gasteiger partial charge is 0.200 e. The number of rotatable bonds is 3. The van der Waals surface area contributed by atoms with E-state index >= 15 is 0 Å². The molecule has 0 saturated heterocycles. The minimum absolute atomic E-state index is 0.619. The maximum absolute atomic E-state index is 4.31. The van der Waals surface area contributed by atoms with Crippen LogP contribution >= 0.6 is 11.3 Å². The molecule has 0 saturated carbocycles.